The zero-order valence-electron chi connectivity index (χ0n) is 15.5. The molecule has 1 amide bonds. The number of nitrogens with one attached hydrogen (secondary N) is 1. The van der Waals surface area contributed by atoms with Crippen LogP contribution in [-0.2, 0) is 0 Å². The Labute approximate surface area is 178 Å². The molecule has 0 aromatic heterocycles. The van der Waals surface area contributed by atoms with E-state index in [1.54, 1.807) is 0 Å². The van der Waals surface area contributed by atoms with Crippen molar-refractivity contribution >= 4 is 55.7 Å². The first kappa shape index (κ1) is 18.8. The molecular weight excluding hydrogens is 412 g/mol. The monoisotopic (exact) mass is 434 g/mol. The molecule has 2 aromatic carbocycles. The van der Waals surface area contributed by atoms with Gasteiger partial charge in [0.25, 0.3) is 0 Å². The van der Waals surface area contributed by atoms with E-state index < -0.39 is 0 Å². The van der Waals surface area contributed by atoms with Gasteiger partial charge in [-0.2, -0.15) is 0 Å². The second-order valence-electron chi connectivity index (χ2n) is 7.71. The lowest BCUT2D eigenvalue weighted by Gasteiger charge is -2.42. The fraction of sp³-hybridized carbons (Fsp3) is 0.476. The molecule has 0 aliphatic carbocycles. The molecule has 148 valence electrons. The van der Waals surface area contributed by atoms with E-state index in [1.165, 1.54) is 12.0 Å². The van der Waals surface area contributed by atoms with Gasteiger partial charge in [-0.3, -0.25) is 0 Å². The van der Waals surface area contributed by atoms with E-state index in [4.69, 9.17) is 16.3 Å². The topological polar surface area (TPSA) is 41.6 Å². The summed E-state index contributed by atoms with van der Waals surface area (Å²) >= 11 is 6.19. The molecule has 4 nitrogen and oxygen atoms in total. The number of fused-ring (bicyclic) bond motifs is 4. The van der Waals surface area contributed by atoms with Crippen molar-refractivity contribution in [2.75, 3.05) is 35.8 Å². The van der Waals surface area contributed by atoms with E-state index in [1.807, 2.05) is 50.8 Å². The number of amides is 1. The average Bonchev–Trinajstić information content (AvgIpc) is 3.16. The highest BCUT2D eigenvalue weighted by Crippen LogP contribution is 2.43. The van der Waals surface area contributed by atoms with Gasteiger partial charge >= 0.3 is 6.09 Å². The summed E-state index contributed by atoms with van der Waals surface area (Å²) in [7, 11) is 3.81. The molecule has 3 heterocycles. The molecule has 3 atom stereocenters. The van der Waals surface area contributed by atoms with Crippen molar-refractivity contribution in [1.82, 2.24) is 4.90 Å². The van der Waals surface area contributed by atoms with Crippen molar-refractivity contribution in [3.63, 3.8) is 0 Å². The van der Waals surface area contributed by atoms with Crippen LogP contribution in [0.2, 0.25) is 0 Å². The molecule has 5 rings (SSSR count). The lowest BCUT2D eigenvalue weighted by Crippen LogP contribution is -2.52. The molecule has 0 bridgehead atoms. The number of anilines is 1. The summed E-state index contributed by atoms with van der Waals surface area (Å²) in [6, 6.07) is 10.4. The van der Waals surface area contributed by atoms with Gasteiger partial charge in [-0.1, -0.05) is 45.9 Å². The lowest BCUT2D eigenvalue weighted by atomic mass is 9.92. The number of carbonyl (C=O) groups is 1. The predicted octanol–water partition coefficient (Wildman–Crippen LogP) is 5.56. The first-order valence-electron chi connectivity index (χ1n) is 9.84. The van der Waals surface area contributed by atoms with Gasteiger partial charge in [0.15, 0.2) is 0 Å². The van der Waals surface area contributed by atoms with Crippen molar-refractivity contribution in [3.05, 3.63) is 35.9 Å². The lowest BCUT2D eigenvalue weighted by molar-refractivity contribution is 0.0992. The minimum absolute atomic E-state index is 0.209. The van der Waals surface area contributed by atoms with Crippen LogP contribution >= 0.6 is 33.2 Å². The second-order valence-corrected chi connectivity index (χ2v) is 10.6. The number of hydrogen-bond acceptors (Lipinski definition) is 5. The summed E-state index contributed by atoms with van der Waals surface area (Å²) in [4.78, 5) is 15.1. The van der Waals surface area contributed by atoms with Crippen molar-refractivity contribution in [3.8, 4) is 5.75 Å². The Morgan fingerprint density at radius 1 is 1.25 bits per heavy atom. The molecule has 7 heteroatoms. The minimum Gasteiger partial charge on any atom is -0.409 e. The van der Waals surface area contributed by atoms with Gasteiger partial charge in [0.2, 0.25) is 0 Å². The van der Waals surface area contributed by atoms with Gasteiger partial charge < -0.3 is 15.0 Å². The standard InChI is InChI=1S/C21H23ClN2O2S2/c22-9-14-10-23-17-8-19(15-5-1-2-6-16(15)20(14)17)26-21(25)24-7-3-4-13-11-27-28-12-18(13)24/h1-2,5-6,8,13-14,18,23H,3-4,7,9-12H2/t13-,14?,18-/m1/s1. The Hall–Kier alpha value is -1.24. The van der Waals surface area contributed by atoms with Crippen LogP contribution in [0.25, 0.3) is 10.8 Å². The highest BCUT2D eigenvalue weighted by Gasteiger charge is 2.38. The van der Waals surface area contributed by atoms with Crippen LogP contribution in [-0.4, -0.2) is 47.5 Å². The minimum atomic E-state index is -0.209. The summed E-state index contributed by atoms with van der Waals surface area (Å²) in [5.41, 5.74) is 2.28. The Balaban J connectivity index is 1.47. The zero-order valence-corrected chi connectivity index (χ0v) is 17.9. The van der Waals surface area contributed by atoms with Crippen LogP contribution in [0, 0.1) is 5.92 Å². The third kappa shape index (κ3) is 3.23. The average molecular weight is 435 g/mol. The molecule has 1 unspecified atom stereocenters. The number of carbonyl (C=O) groups excluding carboxylic acids is 1. The van der Waals surface area contributed by atoms with Gasteiger partial charge in [-0.05, 0) is 29.7 Å². The van der Waals surface area contributed by atoms with E-state index in [2.05, 4.69) is 11.4 Å². The van der Waals surface area contributed by atoms with E-state index in [0.29, 0.717) is 23.6 Å². The summed E-state index contributed by atoms with van der Waals surface area (Å²) < 4.78 is 6.01. The number of alkyl halides is 1. The van der Waals surface area contributed by atoms with Gasteiger partial charge in [0.05, 0.1) is 0 Å². The van der Waals surface area contributed by atoms with Crippen LogP contribution in [0.15, 0.2) is 30.3 Å². The van der Waals surface area contributed by atoms with Crippen molar-refractivity contribution in [2.24, 2.45) is 5.92 Å². The summed E-state index contributed by atoms with van der Waals surface area (Å²) in [6.45, 7) is 1.62. The van der Waals surface area contributed by atoms with Crippen LogP contribution in [0.4, 0.5) is 10.5 Å². The number of rotatable bonds is 2. The first-order chi connectivity index (χ1) is 13.8. The quantitative estimate of drug-likeness (QED) is 0.494. The van der Waals surface area contributed by atoms with Crippen LogP contribution < -0.4 is 10.1 Å². The highest BCUT2D eigenvalue weighted by atomic mass is 35.5. The first-order valence-corrected chi connectivity index (χ1v) is 12.9. The van der Waals surface area contributed by atoms with E-state index in [0.717, 1.165) is 47.5 Å². The van der Waals surface area contributed by atoms with Crippen LogP contribution in [0.1, 0.15) is 24.3 Å². The third-order valence-electron chi connectivity index (χ3n) is 6.14. The molecule has 0 saturated carbocycles. The normalized spacial score (nSPS) is 26.5. The SMILES string of the molecule is O=C(Oc1cc2c(c3ccccc13)C(CCl)CN2)N1CCC[C@@H]2CSSC[C@H]21. The Bertz CT molecular complexity index is 907. The molecule has 3 aliphatic rings. The van der Waals surface area contributed by atoms with Gasteiger partial charge in [-0.15, -0.1) is 11.6 Å². The molecule has 0 spiro atoms. The van der Waals surface area contributed by atoms with E-state index in [-0.39, 0.29) is 12.0 Å². The van der Waals surface area contributed by atoms with Crippen molar-refractivity contribution < 1.29 is 9.53 Å². The van der Waals surface area contributed by atoms with Gasteiger partial charge in [-0.25, -0.2) is 4.79 Å². The fourth-order valence-corrected chi connectivity index (χ4v) is 7.82. The van der Waals surface area contributed by atoms with Crippen molar-refractivity contribution in [2.45, 2.75) is 24.8 Å². The molecule has 2 fully saturated rings. The smallest absolute Gasteiger partial charge is 0.409 e. The molecule has 28 heavy (non-hydrogen) atoms. The maximum Gasteiger partial charge on any atom is 0.415 e. The number of piperidine rings is 1. The van der Waals surface area contributed by atoms with Gasteiger partial charge in [0.1, 0.15) is 5.75 Å². The maximum absolute atomic E-state index is 13.1. The molecule has 2 aromatic rings. The third-order valence-corrected chi connectivity index (χ3v) is 9.03. The Kier molecular flexibility index (Phi) is 5.28. The summed E-state index contributed by atoms with van der Waals surface area (Å²) in [6.07, 6.45) is 2.07. The number of nitrogens with zero attached hydrogens (tertiary/aromatic N) is 1. The Morgan fingerprint density at radius 3 is 2.93 bits per heavy atom. The number of ether oxygens (including phenoxy) is 1. The number of hydrogen-bond donors (Lipinski definition) is 1. The van der Waals surface area contributed by atoms with Crippen molar-refractivity contribution in [1.29, 1.82) is 0 Å². The molecule has 2 saturated heterocycles. The predicted molar refractivity (Wildman–Crippen MR) is 120 cm³/mol. The summed E-state index contributed by atoms with van der Waals surface area (Å²) in [5.74, 6) is 4.22. The fourth-order valence-electron chi connectivity index (χ4n) is 4.69. The van der Waals surface area contributed by atoms with E-state index in [9.17, 15) is 4.79 Å². The maximum atomic E-state index is 13.1. The van der Waals surface area contributed by atoms with Crippen LogP contribution in [0.3, 0.4) is 0 Å². The number of benzene rings is 2. The molecule has 0 radical (unpaired) electrons. The molecule has 1 N–H and O–H groups in total. The highest BCUT2D eigenvalue weighted by molar-refractivity contribution is 8.76. The number of halogens is 1. The second kappa shape index (κ2) is 7.88. The van der Waals surface area contributed by atoms with E-state index >= 15 is 0 Å². The molecule has 3 aliphatic heterocycles. The van der Waals surface area contributed by atoms with Gasteiger partial charge in [0, 0.05) is 59.6 Å². The Morgan fingerprint density at radius 2 is 2.07 bits per heavy atom. The largest absolute Gasteiger partial charge is 0.415 e. The number of likely N-dealkylation sites (tertiary alicyclic amines) is 1. The van der Waals surface area contributed by atoms with Crippen LogP contribution in [0.5, 0.6) is 5.75 Å². The zero-order chi connectivity index (χ0) is 19.1. The summed E-state index contributed by atoms with van der Waals surface area (Å²) in [5, 5.41) is 5.54. The molecular formula is C21H23ClN2O2S2.